The lowest BCUT2D eigenvalue weighted by Gasteiger charge is -2.40. The zero-order chi connectivity index (χ0) is 36.4. The molecule has 0 spiro atoms. The molecule has 4 atom stereocenters. The molecule has 1 N–H and O–H groups in total. The second-order valence-electron chi connectivity index (χ2n) is 15.0. The molecule has 3 saturated heterocycles. The van der Waals surface area contributed by atoms with Crippen LogP contribution in [0, 0.1) is 23.1 Å². The van der Waals surface area contributed by atoms with Gasteiger partial charge in [-0.15, -0.1) is 11.8 Å². The van der Waals surface area contributed by atoms with Crippen molar-refractivity contribution in [3.63, 3.8) is 0 Å². The van der Waals surface area contributed by atoms with Gasteiger partial charge in [0.1, 0.15) is 10.5 Å². The Morgan fingerprint density at radius 1 is 1.20 bits per heavy atom. The molecule has 0 radical (unpaired) electrons. The number of nitriles is 1. The SMILES string of the molecule is CSc1nc2c(F)c(-c3cccc(Cl)c3Cl)c(CCC#N)cc2c2c1cc([C@H]1CCCN1C(=O)OCC[Si](C)(C)C)n2[C@H]1[C@@H]2C[C@H]1N(C(=O)O)C2. The molecule has 51 heavy (non-hydrogen) atoms. The first-order valence-corrected chi connectivity index (χ1v) is 23.0. The summed E-state index contributed by atoms with van der Waals surface area (Å²) in [5.74, 6) is -0.499. The molecule has 2 bridgehead atoms. The Hall–Kier alpha value is -3.50. The van der Waals surface area contributed by atoms with Gasteiger partial charge in [0.15, 0.2) is 5.82 Å². The van der Waals surface area contributed by atoms with Crippen molar-refractivity contribution in [1.29, 1.82) is 5.26 Å². The summed E-state index contributed by atoms with van der Waals surface area (Å²) in [6.45, 7) is 8.06. The number of hydrogen-bond acceptors (Lipinski definition) is 6. The van der Waals surface area contributed by atoms with Gasteiger partial charge in [-0.3, -0.25) is 4.90 Å². The van der Waals surface area contributed by atoms with Crippen LogP contribution < -0.4 is 0 Å². The Morgan fingerprint density at radius 2 is 1.98 bits per heavy atom. The van der Waals surface area contributed by atoms with Gasteiger partial charge in [-0.1, -0.05) is 55.0 Å². The van der Waals surface area contributed by atoms with E-state index in [1.807, 2.05) is 12.3 Å². The van der Waals surface area contributed by atoms with E-state index in [2.05, 4.69) is 36.3 Å². The molecule has 3 aliphatic heterocycles. The van der Waals surface area contributed by atoms with Crippen molar-refractivity contribution in [2.75, 3.05) is 26.0 Å². The monoisotopic (exact) mass is 767 g/mol. The van der Waals surface area contributed by atoms with Gasteiger partial charge in [0.2, 0.25) is 0 Å². The number of likely N-dealkylation sites (tertiary alicyclic amines) is 1. The number of carbonyl (C=O) groups excluding carboxylic acids is 1. The summed E-state index contributed by atoms with van der Waals surface area (Å²) in [5.41, 5.74) is 3.06. The van der Waals surface area contributed by atoms with Crippen molar-refractivity contribution in [1.82, 2.24) is 19.4 Å². The highest BCUT2D eigenvalue weighted by molar-refractivity contribution is 7.98. The summed E-state index contributed by atoms with van der Waals surface area (Å²) in [7, 11) is -1.42. The molecule has 1 aliphatic carbocycles. The van der Waals surface area contributed by atoms with Crippen molar-refractivity contribution in [3.8, 4) is 17.2 Å². The normalized spacial score (nSPS) is 21.4. The lowest BCUT2D eigenvalue weighted by Crippen LogP contribution is -2.43. The van der Waals surface area contributed by atoms with Gasteiger partial charge in [-0.05, 0) is 61.7 Å². The van der Waals surface area contributed by atoms with Gasteiger partial charge >= 0.3 is 12.2 Å². The summed E-state index contributed by atoms with van der Waals surface area (Å²) in [6.07, 6.45) is 3.25. The van der Waals surface area contributed by atoms with Crippen LogP contribution in [0.5, 0.6) is 0 Å². The third-order valence-electron chi connectivity index (χ3n) is 10.7. The number of aryl methyl sites for hydroxylation is 1. The molecule has 4 aromatic rings. The first-order chi connectivity index (χ1) is 24.3. The average molecular weight is 769 g/mol. The Kier molecular flexibility index (Phi) is 9.71. The number of pyridine rings is 1. The quantitative estimate of drug-likeness (QED) is 0.133. The average Bonchev–Trinajstić information content (AvgIpc) is 3.87. The van der Waals surface area contributed by atoms with E-state index in [0.29, 0.717) is 47.7 Å². The van der Waals surface area contributed by atoms with E-state index in [4.69, 9.17) is 32.9 Å². The van der Waals surface area contributed by atoms with Crippen LogP contribution in [0.1, 0.15) is 49.0 Å². The number of amides is 2. The van der Waals surface area contributed by atoms with Crippen molar-refractivity contribution in [3.05, 3.63) is 57.5 Å². The molecular weight excluding hydrogens is 728 g/mol. The molecule has 14 heteroatoms. The second-order valence-corrected chi connectivity index (χ2v) is 22.2. The van der Waals surface area contributed by atoms with Gasteiger partial charge in [-0.2, -0.15) is 5.26 Å². The van der Waals surface area contributed by atoms with Crippen LogP contribution in [-0.2, 0) is 11.2 Å². The molecule has 2 aromatic heterocycles. The fraction of sp³-hybridized carbons (Fsp3) is 0.459. The highest BCUT2D eigenvalue weighted by Gasteiger charge is 2.56. The molecule has 268 valence electrons. The fourth-order valence-electron chi connectivity index (χ4n) is 8.25. The number of ether oxygens (including phenoxy) is 1. The number of carbonyl (C=O) groups is 2. The van der Waals surface area contributed by atoms with Gasteiger partial charge in [0, 0.05) is 61.1 Å². The summed E-state index contributed by atoms with van der Waals surface area (Å²) < 4.78 is 25.3. The number of rotatable bonds is 9. The van der Waals surface area contributed by atoms with Gasteiger partial charge in [0.05, 0.1) is 46.4 Å². The van der Waals surface area contributed by atoms with Crippen molar-refractivity contribution < 1.29 is 23.8 Å². The molecule has 0 unspecified atom stereocenters. The van der Waals surface area contributed by atoms with Crippen LogP contribution in [-0.4, -0.2) is 76.7 Å². The molecule has 2 aromatic carbocycles. The molecule has 4 aliphatic rings. The number of thioether (sulfide) groups is 1. The predicted octanol–water partition coefficient (Wildman–Crippen LogP) is 10.0. The summed E-state index contributed by atoms with van der Waals surface area (Å²) >= 11 is 14.5. The third kappa shape index (κ3) is 6.24. The summed E-state index contributed by atoms with van der Waals surface area (Å²) in [5, 5.41) is 22.2. The standard InChI is InChI=1S/C37H40Cl2FN5O4SSi/c1-50-35-24-18-27(26-11-7-13-43(26)37(48)49-14-15-51(2,3)4)45(33-21-17-28(33)44(19-21)36(46)47)34(24)23-16-20(8-6-12-41)29(31(40)32(23)42-35)22-9-5-10-25(38)30(22)39/h5,9-10,16,18,21,26,28,33H,6-8,11,13-15,17,19H2,1-4H3,(H,46,47)/t21-,26-,28-,33+/m1/s1. The smallest absolute Gasteiger partial charge is 0.410 e. The van der Waals surface area contributed by atoms with E-state index in [-0.39, 0.29) is 64.1 Å². The lowest BCUT2D eigenvalue weighted by atomic mass is 9.79. The number of halogens is 3. The number of nitrogens with zero attached hydrogens (tertiary/aromatic N) is 5. The number of carboxylic acid groups (broad SMARTS) is 1. The first kappa shape index (κ1) is 35.9. The van der Waals surface area contributed by atoms with E-state index in [1.165, 1.54) is 16.7 Å². The second kappa shape index (κ2) is 13.8. The molecule has 5 heterocycles. The third-order valence-corrected chi connectivity index (χ3v) is 13.9. The van der Waals surface area contributed by atoms with Crippen LogP contribution in [0.25, 0.3) is 32.9 Å². The number of benzene rings is 2. The first-order valence-electron chi connectivity index (χ1n) is 17.3. The van der Waals surface area contributed by atoms with Gasteiger partial charge in [0.25, 0.3) is 0 Å². The van der Waals surface area contributed by atoms with Crippen molar-refractivity contribution in [2.45, 2.75) is 80.9 Å². The highest BCUT2D eigenvalue weighted by atomic mass is 35.5. The largest absolute Gasteiger partial charge is 0.465 e. The van der Waals surface area contributed by atoms with Crippen molar-refractivity contribution in [2.24, 2.45) is 5.92 Å². The number of aromatic nitrogens is 2. The van der Waals surface area contributed by atoms with Crippen LogP contribution >= 0.6 is 35.0 Å². The van der Waals surface area contributed by atoms with Gasteiger partial charge in [-0.25, -0.2) is 19.0 Å². The Bertz CT molecular complexity index is 2120. The lowest BCUT2D eigenvalue weighted by molar-refractivity contribution is 0.0985. The number of fused-ring (bicyclic) bond motifs is 4. The van der Waals surface area contributed by atoms with Crippen LogP contribution in [0.2, 0.25) is 35.7 Å². The molecular formula is C37H40Cl2FN5O4SSi. The zero-order valence-electron chi connectivity index (χ0n) is 29.0. The van der Waals surface area contributed by atoms with E-state index < -0.39 is 20.0 Å². The maximum Gasteiger partial charge on any atom is 0.410 e. The maximum absolute atomic E-state index is 17.2. The van der Waals surface area contributed by atoms with Gasteiger partial charge < -0.3 is 19.3 Å². The van der Waals surface area contributed by atoms with E-state index in [0.717, 1.165) is 35.5 Å². The Morgan fingerprint density at radius 3 is 2.67 bits per heavy atom. The predicted molar refractivity (Wildman–Crippen MR) is 202 cm³/mol. The topological polar surface area (TPSA) is 112 Å². The van der Waals surface area contributed by atoms with Crippen LogP contribution in [0.4, 0.5) is 14.0 Å². The maximum atomic E-state index is 17.2. The summed E-state index contributed by atoms with van der Waals surface area (Å²) in [4.78, 5) is 34.2. The highest BCUT2D eigenvalue weighted by Crippen LogP contribution is 2.54. The molecule has 2 amide bonds. The van der Waals surface area contributed by atoms with E-state index >= 15 is 4.39 Å². The van der Waals surface area contributed by atoms with E-state index in [9.17, 15) is 20.0 Å². The molecule has 9 nitrogen and oxygen atoms in total. The van der Waals surface area contributed by atoms with Crippen LogP contribution in [0.3, 0.4) is 0 Å². The molecule has 4 fully saturated rings. The molecule has 1 saturated carbocycles. The minimum absolute atomic E-state index is 0.0624. The van der Waals surface area contributed by atoms with Crippen molar-refractivity contribution >= 4 is 77.0 Å². The minimum atomic E-state index is -1.42. The minimum Gasteiger partial charge on any atom is -0.465 e. The zero-order valence-corrected chi connectivity index (χ0v) is 32.3. The van der Waals surface area contributed by atoms with E-state index in [1.54, 1.807) is 23.1 Å². The molecule has 8 rings (SSSR count). The Balaban J connectivity index is 1.47. The fourth-order valence-corrected chi connectivity index (χ4v) is 9.92. The number of hydrogen-bond donors (Lipinski definition) is 1. The Labute approximate surface area is 311 Å². The summed E-state index contributed by atoms with van der Waals surface area (Å²) in [6, 6.07) is 11.3. The van der Waals surface area contributed by atoms with Crippen LogP contribution in [0.15, 0.2) is 35.4 Å².